The Labute approximate surface area is 72.4 Å². The molecule has 1 heterocycles. The van der Waals surface area contributed by atoms with Crippen molar-refractivity contribution in [3.63, 3.8) is 0 Å². The first-order valence-electron chi connectivity index (χ1n) is 4.13. The fourth-order valence-electron chi connectivity index (χ4n) is 0.908. The summed E-state index contributed by atoms with van der Waals surface area (Å²) in [4.78, 5) is 21.4. The highest BCUT2D eigenvalue weighted by molar-refractivity contribution is 6.11. The van der Waals surface area contributed by atoms with Gasteiger partial charge < -0.3 is 4.74 Å². The summed E-state index contributed by atoms with van der Waals surface area (Å²) in [5.74, 6) is -0.980. The largest absolute Gasteiger partial charge is 0.386 e. The van der Waals surface area contributed by atoms with Gasteiger partial charge in [-0.1, -0.05) is 20.8 Å². The van der Waals surface area contributed by atoms with Gasteiger partial charge in [-0.2, -0.15) is 0 Å². The Kier molecular flexibility index (Phi) is 4.26. The molecule has 0 saturated heterocycles. The van der Waals surface area contributed by atoms with Crippen LogP contribution in [0.15, 0.2) is 11.1 Å². The molecule has 0 N–H and O–H groups in total. The van der Waals surface area contributed by atoms with E-state index in [2.05, 4.69) is 4.74 Å². The van der Waals surface area contributed by atoms with E-state index in [9.17, 15) is 9.59 Å². The summed E-state index contributed by atoms with van der Waals surface area (Å²) >= 11 is 0. The van der Waals surface area contributed by atoms with Crippen LogP contribution < -0.4 is 0 Å². The van der Waals surface area contributed by atoms with Crippen LogP contribution in [0.2, 0.25) is 0 Å². The number of carbonyl (C=O) groups is 2. The first-order valence-corrected chi connectivity index (χ1v) is 4.13. The molecular formula is C9H14O3. The number of rotatable bonds is 1. The Bertz CT molecular complexity index is 226. The van der Waals surface area contributed by atoms with Crippen LogP contribution in [0.3, 0.4) is 0 Å². The Morgan fingerprint density at radius 3 is 1.83 bits per heavy atom. The predicted molar refractivity (Wildman–Crippen MR) is 45.4 cm³/mol. The minimum Gasteiger partial charge on any atom is -0.386 e. The van der Waals surface area contributed by atoms with E-state index in [1.165, 1.54) is 0 Å². The normalized spacial score (nSPS) is 15.7. The van der Waals surface area contributed by atoms with Gasteiger partial charge in [0.15, 0.2) is 0 Å². The van der Waals surface area contributed by atoms with Gasteiger partial charge in [-0.25, -0.2) is 9.59 Å². The minimum absolute atomic E-state index is 0.451. The average Bonchev–Trinajstić information content (AvgIpc) is 2.31. The number of esters is 2. The third kappa shape index (κ3) is 1.94. The number of hydrogen-bond donors (Lipinski definition) is 0. The Hall–Kier alpha value is -1.12. The van der Waals surface area contributed by atoms with Crippen LogP contribution in [0.25, 0.3) is 0 Å². The molecule has 3 heteroatoms. The van der Waals surface area contributed by atoms with Gasteiger partial charge in [-0.15, -0.1) is 0 Å². The lowest BCUT2D eigenvalue weighted by atomic mass is 10.1. The molecule has 0 fully saturated rings. The number of cyclic esters (lactones) is 2. The Morgan fingerprint density at radius 2 is 1.67 bits per heavy atom. The van der Waals surface area contributed by atoms with E-state index in [1.807, 2.05) is 20.8 Å². The highest BCUT2D eigenvalue weighted by Crippen LogP contribution is 2.18. The first kappa shape index (κ1) is 10.9. The van der Waals surface area contributed by atoms with Crippen LogP contribution in [0, 0.1) is 0 Å². The summed E-state index contributed by atoms with van der Waals surface area (Å²) in [6.45, 7) is 7.42. The van der Waals surface area contributed by atoms with Crippen molar-refractivity contribution >= 4 is 11.9 Å². The molecule has 12 heavy (non-hydrogen) atoms. The van der Waals surface area contributed by atoms with E-state index in [0.717, 1.165) is 0 Å². The van der Waals surface area contributed by atoms with Gasteiger partial charge in [0.25, 0.3) is 0 Å². The van der Waals surface area contributed by atoms with Crippen LogP contribution in [-0.2, 0) is 14.3 Å². The maximum Gasteiger partial charge on any atom is 0.342 e. The van der Waals surface area contributed by atoms with Crippen molar-refractivity contribution in [1.82, 2.24) is 0 Å². The lowest BCUT2D eigenvalue weighted by Gasteiger charge is -1.88. The molecule has 0 aromatic rings. The summed E-state index contributed by atoms with van der Waals surface area (Å²) in [7, 11) is 0. The molecule has 0 amide bonds. The lowest BCUT2D eigenvalue weighted by molar-refractivity contribution is -0.151. The van der Waals surface area contributed by atoms with Crippen molar-refractivity contribution in [2.75, 3.05) is 0 Å². The molecule has 0 spiro atoms. The molecule has 0 aromatic carbocycles. The fourth-order valence-corrected chi connectivity index (χ4v) is 0.908. The summed E-state index contributed by atoms with van der Waals surface area (Å²) in [6, 6.07) is 0. The second kappa shape index (κ2) is 4.70. The zero-order valence-corrected chi connectivity index (χ0v) is 7.93. The van der Waals surface area contributed by atoms with Gasteiger partial charge in [-0.05, 0) is 13.3 Å². The zero-order chi connectivity index (χ0) is 9.72. The van der Waals surface area contributed by atoms with Crippen molar-refractivity contribution in [1.29, 1.82) is 0 Å². The van der Waals surface area contributed by atoms with Crippen LogP contribution >= 0.6 is 0 Å². The smallest absolute Gasteiger partial charge is 0.342 e. The van der Waals surface area contributed by atoms with E-state index in [4.69, 9.17) is 0 Å². The van der Waals surface area contributed by atoms with Gasteiger partial charge in [0.1, 0.15) is 0 Å². The first-order chi connectivity index (χ1) is 5.66. The molecule has 0 saturated carbocycles. The molecule has 1 rings (SSSR count). The molecule has 0 radical (unpaired) electrons. The van der Waals surface area contributed by atoms with Crippen molar-refractivity contribution in [3.05, 3.63) is 11.1 Å². The summed E-state index contributed by atoms with van der Waals surface area (Å²) in [5, 5.41) is 0. The molecule has 68 valence electrons. The number of hydrogen-bond acceptors (Lipinski definition) is 3. The van der Waals surface area contributed by atoms with Crippen LogP contribution in [-0.4, -0.2) is 11.9 Å². The standard InChI is InChI=1S/C7H8O3.C2H6/c1-3-5-4(2)6(8)10-7(5)9;1-2/h3H2,1-2H3;1-2H3. The minimum atomic E-state index is -0.498. The molecule has 0 atom stereocenters. The SMILES string of the molecule is CC.CCC1=C(C)C(=O)OC1=O. The van der Waals surface area contributed by atoms with E-state index >= 15 is 0 Å². The van der Waals surface area contributed by atoms with Gasteiger partial charge in [0.2, 0.25) is 0 Å². The monoisotopic (exact) mass is 170 g/mol. The molecule has 1 aliphatic rings. The topological polar surface area (TPSA) is 43.4 Å². The van der Waals surface area contributed by atoms with Gasteiger partial charge in [-0.3, -0.25) is 0 Å². The van der Waals surface area contributed by atoms with E-state index in [0.29, 0.717) is 17.6 Å². The van der Waals surface area contributed by atoms with Gasteiger partial charge in [0, 0.05) is 11.1 Å². The molecular weight excluding hydrogens is 156 g/mol. The van der Waals surface area contributed by atoms with Crippen molar-refractivity contribution in [2.24, 2.45) is 0 Å². The summed E-state index contributed by atoms with van der Waals surface area (Å²) in [5.41, 5.74) is 0.956. The number of carbonyl (C=O) groups excluding carboxylic acids is 2. The number of ether oxygens (including phenoxy) is 1. The van der Waals surface area contributed by atoms with Crippen molar-refractivity contribution in [2.45, 2.75) is 34.1 Å². The van der Waals surface area contributed by atoms with Gasteiger partial charge >= 0.3 is 11.9 Å². The van der Waals surface area contributed by atoms with Crippen LogP contribution in [0.1, 0.15) is 34.1 Å². The second-order valence-corrected chi connectivity index (χ2v) is 2.13. The van der Waals surface area contributed by atoms with E-state index in [1.54, 1.807) is 6.92 Å². The molecule has 0 unspecified atom stereocenters. The summed E-state index contributed by atoms with van der Waals surface area (Å²) < 4.78 is 4.33. The molecule has 0 aromatic heterocycles. The maximum atomic E-state index is 10.7. The quantitative estimate of drug-likeness (QED) is 0.445. The average molecular weight is 170 g/mol. The molecule has 0 bridgehead atoms. The maximum absolute atomic E-state index is 10.7. The van der Waals surface area contributed by atoms with E-state index in [-0.39, 0.29) is 0 Å². The van der Waals surface area contributed by atoms with Crippen molar-refractivity contribution < 1.29 is 14.3 Å². The Morgan fingerprint density at radius 1 is 1.17 bits per heavy atom. The highest BCUT2D eigenvalue weighted by Gasteiger charge is 2.27. The molecule has 1 aliphatic heterocycles. The van der Waals surface area contributed by atoms with Crippen molar-refractivity contribution in [3.8, 4) is 0 Å². The molecule has 3 nitrogen and oxygen atoms in total. The Balaban J connectivity index is 0.000000561. The fraction of sp³-hybridized carbons (Fsp3) is 0.556. The summed E-state index contributed by atoms with van der Waals surface area (Å²) in [6.07, 6.45) is 0.566. The second-order valence-electron chi connectivity index (χ2n) is 2.13. The van der Waals surface area contributed by atoms with Gasteiger partial charge in [0.05, 0.1) is 0 Å². The van der Waals surface area contributed by atoms with Crippen LogP contribution in [0.5, 0.6) is 0 Å². The third-order valence-corrected chi connectivity index (χ3v) is 1.54. The predicted octanol–water partition coefficient (Wildman–Crippen LogP) is 1.82. The van der Waals surface area contributed by atoms with Crippen LogP contribution in [0.4, 0.5) is 0 Å². The third-order valence-electron chi connectivity index (χ3n) is 1.54. The van der Waals surface area contributed by atoms with E-state index < -0.39 is 11.9 Å². The highest BCUT2D eigenvalue weighted by atomic mass is 16.6. The molecule has 0 aliphatic carbocycles. The lowest BCUT2D eigenvalue weighted by Crippen LogP contribution is -2.01. The zero-order valence-electron chi connectivity index (χ0n) is 7.93.